The van der Waals surface area contributed by atoms with Gasteiger partial charge in [-0.25, -0.2) is 9.18 Å². The van der Waals surface area contributed by atoms with Crippen molar-refractivity contribution < 1.29 is 19.1 Å². The summed E-state index contributed by atoms with van der Waals surface area (Å²) in [5.74, 6) is -1.76. The number of allylic oxidation sites excluding steroid dienone is 1. The van der Waals surface area contributed by atoms with Gasteiger partial charge in [0.15, 0.2) is 0 Å². The molecule has 0 aliphatic carbocycles. The molecule has 0 fully saturated rings. The van der Waals surface area contributed by atoms with E-state index in [1.807, 2.05) is 6.08 Å². The van der Waals surface area contributed by atoms with E-state index in [-0.39, 0.29) is 18.1 Å². The van der Waals surface area contributed by atoms with Crippen LogP contribution in [-0.2, 0) is 16.0 Å². The first-order chi connectivity index (χ1) is 11.0. The fraction of sp³-hybridized carbons (Fsp3) is 0.444. The minimum absolute atomic E-state index is 0.0450. The third kappa shape index (κ3) is 8.14. The Balaban J connectivity index is 2.36. The molecular formula is C18H24FNO3. The Hall–Kier alpha value is -2.17. The van der Waals surface area contributed by atoms with Crippen molar-refractivity contribution in [1.29, 1.82) is 0 Å². The number of carboxylic acids is 1. The highest BCUT2D eigenvalue weighted by Crippen LogP contribution is 2.09. The maximum absolute atomic E-state index is 12.8. The van der Waals surface area contributed by atoms with E-state index in [2.05, 4.69) is 11.9 Å². The van der Waals surface area contributed by atoms with Crippen LogP contribution in [0.15, 0.2) is 36.9 Å². The molecule has 0 aromatic heterocycles. The third-order valence-electron chi connectivity index (χ3n) is 3.56. The molecule has 0 bridgehead atoms. The Morgan fingerprint density at radius 1 is 1.17 bits per heavy atom. The van der Waals surface area contributed by atoms with Crippen molar-refractivity contribution in [3.63, 3.8) is 0 Å². The normalized spacial score (nSPS) is 11.7. The monoisotopic (exact) mass is 321 g/mol. The number of aliphatic carboxylic acids is 1. The molecule has 4 nitrogen and oxygen atoms in total. The van der Waals surface area contributed by atoms with Crippen molar-refractivity contribution in [2.45, 2.75) is 51.0 Å². The Bertz CT molecular complexity index is 514. The number of hydrogen-bond donors (Lipinski definition) is 2. The summed E-state index contributed by atoms with van der Waals surface area (Å²) < 4.78 is 12.8. The third-order valence-corrected chi connectivity index (χ3v) is 3.56. The van der Waals surface area contributed by atoms with Crippen LogP contribution in [0.1, 0.15) is 44.1 Å². The predicted molar refractivity (Wildman–Crippen MR) is 87.6 cm³/mol. The Labute approximate surface area is 136 Å². The zero-order valence-corrected chi connectivity index (χ0v) is 13.3. The first kappa shape index (κ1) is 18.9. The highest BCUT2D eigenvalue weighted by Gasteiger charge is 2.19. The van der Waals surface area contributed by atoms with Crippen molar-refractivity contribution in [1.82, 2.24) is 5.32 Å². The van der Waals surface area contributed by atoms with Crippen LogP contribution in [0.5, 0.6) is 0 Å². The van der Waals surface area contributed by atoms with Crippen LogP contribution in [0.25, 0.3) is 0 Å². The van der Waals surface area contributed by atoms with Crippen LogP contribution < -0.4 is 5.32 Å². The summed E-state index contributed by atoms with van der Waals surface area (Å²) in [5, 5.41) is 11.7. The highest BCUT2D eigenvalue weighted by atomic mass is 19.1. The molecular weight excluding hydrogens is 297 g/mol. The van der Waals surface area contributed by atoms with Crippen molar-refractivity contribution in [2.75, 3.05) is 0 Å². The second-order valence-corrected chi connectivity index (χ2v) is 5.54. The molecule has 0 aliphatic heterocycles. The Kier molecular flexibility index (Phi) is 8.65. The van der Waals surface area contributed by atoms with E-state index in [0.29, 0.717) is 12.0 Å². The van der Waals surface area contributed by atoms with Gasteiger partial charge in [-0.2, -0.15) is 0 Å². The molecule has 1 aromatic rings. The van der Waals surface area contributed by atoms with Gasteiger partial charge in [0.2, 0.25) is 5.91 Å². The lowest BCUT2D eigenvalue weighted by molar-refractivity contribution is -0.142. The molecule has 0 heterocycles. The van der Waals surface area contributed by atoms with Crippen LogP contribution >= 0.6 is 0 Å². The summed E-state index contributed by atoms with van der Waals surface area (Å²) in [5.41, 5.74) is 0.650. The zero-order valence-electron chi connectivity index (χ0n) is 13.3. The SMILES string of the molecule is C=CCCCCCC[C@H](NC(=O)Cc1ccc(F)cc1)C(=O)O. The highest BCUT2D eigenvalue weighted by molar-refractivity contribution is 5.84. The smallest absolute Gasteiger partial charge is 0.326 e. The van der Waals surface area contributed by atoms with E-state index in [4.69, 9.17) is 0 Å². The van der Waals surface area contributed by atoms with Crippen molar-refractivity contribution >= 4 is 11.9 Å². The largest absolute Gasteiger partial charge is 0.480 e. The summed E-state index contributed by atoms with van der Waals surface area (Å²) in [6, 6.07) is 4.72. The van der Waals surface area contributed by atoms with Gasteiger partial charge < -0.3 is 10.4 Å². The van der Waals surface area contributed by atoms with Crippen LogP contribution in [0.4, 0.5) is 4.39 Å². The van der Waals surface area contributed by atoms with Crippen molar-refractivity contribution in [3.05, 3.63) is 48.3 Å². The molecule has 2 N–H and O–H groups in total. The molecule has 1 atom stereocenters. The first-order valence-electron chi connectivity index (χ1n) is 7.90. The van der Waals surface area contributed by atoms with Gasteiger partial charge in [-0.05, 0) is 37.0 Å². The van der Waals surface area contributed by atoms with E-state index >= 15 is 0 Å². The van der Waals surface area contributed by atoms with Crippen LogP contribution in [0.2, 0.25) is 0 Å². The summed E-state index contributed by atoms with van der Waals surface area (Å²) in [4.78, 5) is 23.1. The molecule has 1 aromatic carbocycles. The van der Waals surface area contributed by atoms with Gasteiger partial charge in [0.05, 0.1) is 6.42 Å². The van der Waals surface area contributed by atoms with E-state index in [0.717, 1.165) is 32.1 Å². The van der Waals surface area contributed by atoms with Gasteiger partial charge in [-0.1, -0.05) is 37.5 Å². The van der Waals surface area contributed by atoms with Crippen LogP contribution in [0, 0.1) is 5.82 Å². The minimum Gasteiger partial charge on any atom is -0.480 e. The molecule has 1 rings (SSSR count). The standard InChI is InChI=1S/C18H24FNO3/c1-2-3-4-5-6-7-8-16(18(22)23)20-17(21)13-14-9-11-15(19)12-10-14/h2,9-12,16H,1,3-8,13H2,(H,20,21)(H,22,23)/t16-/m0/s1. The van der Waals surface area contributed by atoms with Crippen molar-refractivity contribution in [3.8, 4) is 0 Å². The molecule has 5 heteroatoms. The number of unbranched alkanes of at least 4 members (excludes halogenated alkanes) is 4. The van der Waals surface area contributed by atoms with E-state index < -0.39 is 12.0 Å². The van der Waals surface area contributed by atoms with Gasteiger partial charge >= 0.3 is 5.97 Å². The first-order valence-corrected chi connectivity index (χ1v) is 7.90. The zero-order chi connectivity index (χ0) is 17.1. The van der Waals surface area contributed by atoms with Crippen LogP contribution in [-0.4, -0.2) is 23.0 Å². The lowest BCUT2D eigenvalue weighted by Crippen LogP contribution is -2.41. The van der Waals surface area contributed by atoms with E-state index in [1.165, 1.54) is 24.3 Å². The van der Waals surface area contributed by atoms with Crippen molar-refractivity contribution in [2.24, 2.45) is 0 Å². The maximum atomic E-state index is 12.8. The Morgan fingerprint density at radius 2 is 1.83 bits per heavy atom. The number of benzene rings is 1. The lowest BCUT2D eigenvalue weighted by atomic mass is 10.1. The molecule has 0 radical (unpaired) electrons. The quantitative estimate of drug-likeness (QED) is 0.484. The second-order valence-electron chi connectivity index (χ2n) is 5.54. The molecule has 1 amide bonds. The number of amides is 1. The summed E-state index contributed by atoms with van der Waals surface area (Å²) in [6.45, 7) is 3.66. The Morgan fingerprint density at radius 3 is 2.43 bits per heavy atom. The second kappa shape index (κ2) is 10.5. The van der Waals surface area contributed by atoms with E-state index in [9.17, 15) is 19.1 Å². The number of rotatable bonds is 11. The van der Waals surface area contributed by atoms with Gasteiger partial charge in [0.25, 0.3) is 0 Å². The summed E-state index contributed by atoms with van der Waals surface area (Å²) in [7, 11) is 0. The molecule has 0 saturated carbocycles. The maximum Gasteiger partial charge on any atom is 0.326 e. The fourth-order valence-corrected chi connectivity index (χ4v) is 2.28. The molecule has 0 saturated heterocycles. The number of hydrogen-bond acceptors (Lipinski definition) is 2. The molecule has 126 valence electrons. The predicted octanol–water partition coefficient (Wildman–Crippen LogP) is 3.46. The van der Waals surface area contributed by atoms with E-state index in [1.54, 1.807) is 0 Å². The number of halogens is 1. The average molecular weight is 321 g/mol. The lowest BCUT2D eigenvalue weighted by Gasteiger charge is -2.14. The molecule has 0 spiro atoms. The number of nitrogens with one attached hydrogen (secondary N) is 1. The number of carboxylic acid groups (broad SMARTS) is 1. The number of carbonyl (C=O) groups excluding carboxylic acids is 1. The number of carbonyl (C=O) groups is 2. The van der Waals surface area contributed by atoms with Gasteiger partial charge in [-0.15, -0.1) is 6.58 Å². The van der Waals surface area contributed by atoms with Gasteiger partial charge in [-0.3, -0.25) is 4.79 Å². The molecule has 0 aliphatic rings. The molecule has 23 heavy (non-hydrogen) atoms. The summed E-state index contributed by atoms with van der Waals surface area (Å²) >= 11 is 0. The van der Waals surface area contributed by atoms with Gasteiger partial charge in [0, 0.05) is 0 Å². The summed E-state index contributed by atoms with van der Waals surface area (Å²) in [6.07, 6.45) is 7.07. The molecule has 0 unspecified atom stereocenters. The minimum atomic E-state index is -1.02. The van der Waals surface area contributed by atoms with Crippen LogP contribution in [0.3, 0.4) is 0 Å². The van der Waals surface area contributed by atoms with Gasteiger partial charge in [0.1, 0.15) is 11.9 Å². The average Bonchev–Trinajstić information content (AvgIpc) is 2.51. The fourth-order valence-electron chi connectivity index (χ4n) is 2.28. The topological polar surface area (TPSA) is 66.4 Å².